The van der Waals surface area contributed by atoms with Crippen molar-refractivity contribution in [3.05, 3.63) is 130 Å². The highest BCUT2D eigenvalue weighted by Crippen LogP contribution is 2.32. The molecular weight excluding hydrogens is 674 g/mol. The van der Waals surface area contributed by atoms with Gasteiger partial charge in [-0.1, -0.05) is 60.1 Å². The average Bonchev–Trinajstić information content (AvgIpc) is 3.08. The van der Waals surface area contributed by atoms with Crippen molar-refractivity contribution in [2.75, 3.05) is 25.5 Å². The number of piperazine rings is 1. The zero-order chi connectivity index (χ0) is 35.1. The first-order valence-electron chi connectivity index (χ1n) is 15.7. The van der Waals surface area contributed by atoms with Crippen LogP contribution < -0.4 is 16.0 Å². The van der Waals surface area contributed by atoms with Gasteiger partial charge in [0.25, 0.3) is 0 Å². The maximum Gasteiger partial charge on any atom is 0.407 e. The summed E-state index contributed by atoms with van der Waals surface area (Å²) in [5.74, 6) is -2.77. The first-order chi connectivity index (χ1) is 23.5. The predicted octanol–water partition coefficient (Wildman–Crippen LogP) is 6.10. The maximum atomic E-state index is 15.5. The molecule has 0 saturated carbocycles. The Morgan fingerprint density at radius 3 is 2.37 bits per heavy atom. The quantitative estimate of drug-likeness (QED) is 0.173. The number of hydrogen-bond donors (Lipinski definition) is 3. The Labute approximate surface area is 289 Å². The second-order valence-electron chi connectivity index (χ2n) is 11.8. The summed E-state index contributed by atoms with van der Waals surface area (Å²) in [6, 6.07) is 22.4. The molecule has 0 spiro atoms. The molecule has 1 saturated heterocycles. The van der Waals surface area contributed by atoms with Crippen LogP contribution in [0.3, 0.4) is 0 Å². The first-order valence-corrected chi connectivity index (χ1v) is 17.5. The lowest BCUT2D eigenvalue weighted by Gasteiger charge is -2.40. The van der Waals surface area contributed by atoms with Gasteiger partial charge in [0, 0.05) is 47.4 Å². The fraction of sp³-hybridized carbons (Fsp3) is 0.278. The smallest absolute Gasteiger partial charge is 0.407 e. The molecule has 1 heterocycles. The average molecular weight is 711 g/mol. The van der Waals surface area contributed by atoms with Crippen molar-refractivity contribution < 1.29 is 31.5 Å². The summed E-state index contributed by atoms with van der Waals surface area (Å²) in [6.45, 7) is 2.63. The minimum absolute atomic E-state index is 0.0851. The van der Waals surface area contributed by atoms with E-state index in [0.29, 0.717) is 29.2 Å². The van der Waals surface area contributed by atoms with Crippen molar-refractivity contribution in [1.82, 2.24) is 14.9 Å². The number of anilines is 1. The van der Waals surface area contributed by atoms with Crippen molar-refractivity contribution in [3.8, 4) is 0 Å². The number of carbonyl (C=O) groups excluding carboxylic acids is 2. The fourth-order valence-electron chi connectivity index (χ4n) is 6.26. The van der Waals surface area contributed by atoms with Crippen LogP contribution in [0, 0.1) is 11.6 Å². The molecule has 0 aromatic heterocycles. The van der Waals surface area contributed by atoms with Gasteiger partial charge in [0.05, 0.1) is 12.0 Å². The van der Waals surface area contributed by atoms with E-state index in [2.05, 4.69) is 16.0 Å². The topological polar surface area (TPSA) is 117 Å². The summed E-state index contributed by atoms with van der Waals surface area (Å²) >= 11 is 6.13. The standard InChI is InChI=1S/C36H37ClF2N4O5S/c1-23-21-40-22-28(43(23)49(46,47)29-10-4-3-5-11-29)18-19-30-31(39)12-7-13-32(30)41-35(44)34(42-36(45)48-2)33(24-14-16-26(37)17-15-24)25-8-6-9-27(38)20-25/h3-17,20,23,28,33-34,40H,18-19,21-22H2,1-2H3,(H,41,44)(H,42,45)/t23-,28+,33?,34?/m1/s1. The predicted molar refractivity (Wildman–Crippen MR) is 184 cm³/mol. The highest BCUT2D eigenvalue weighted by atomic mass is 35.5. The van der Waals surface area contributed by atoms with Gasteiger partial charge in [0.2, 0.25) is 15.9 Å². The minimum atomic E-state index is -3.85. The summed E-state index contributed by atoms with van der Waals surface area (Å²) < 4.78 is 63.7. The monoisotopic (exact) mass is 710 g/mol. The Morgan fingerprint density at radius 1 is 0.959 bits per heavy atom. The Morgan fingerprint density at radius 2 is 1.67 bits per heavy atom. The second-order valence-corrected chi connectivity index (χ2v) is 14.1. The molecule has 5 rings (SSSR count). The van der Waals surface area contributed by atoms with Crippen LogP contribution in [0.15, 0.2) is 102 Å². The summed E-state index contributed by atoms with van der Waals surface area (Å²) in [5.41, 5.74) is 1.24. The Bertz CT molecular complexity index is 1880. The molecule has 2 amide bonds. The number of amides is 2. The summed E-state index contributed by atoms with van der Waals surface area (Å²) in [4.78, 5) is 26.9. The van der Waals surface area contributed by atoms with Crippen LogP contribution in [0.25, 0.3) is 0 Å². The van der Waals surface area contributed by atoms with Crippen LogP contribution in [0.4, 0.5) is 19.3 Å². The van der Waals surface area contributed by atoms with E-state index in [1.807, 2.05) is 6.92 Å². The zero-order valence-electron chi connectivity index (χ0n) is 26.9. The van der Waals surface area contributed by atoms with Gasteiger partial charge in [-0.2, -0.15) is 4.31 Å². The van der Waals surface area contributed by atoms with E-state index < -0.39 is 51.7 Å². The number of rotatable bonds is 11. The molecular formula is C36H37ClF2N4O5S. The van der Waals surface area contributed by atoms with E-state index in [0.717, 1.165) is 7.11 Å². The normalized spacial score (nSPS) is 17.9. The molecule has 3 N–H and O–H groups in total. The van der Waals surface area contributed by atoms with Gasteiger partial charge in [-0.25, -0.2) is 22.0 Å². The molecule has 2 unspecified atom stereocenters. The minimum Gasteiger partial charge on any atom is -0.453 e. The number of carbonyl (C=O) groups is 2. The number of benzene rings is 4. The molecule has 0 aliphatic carbocycles. The van der Waals surface area contributed by atoms with Crippen LogP contribution in [-0.4, -0.2) is 63.0 Å². The molecule has 1 aliphatic rings. The second kappa shape index (κ2) is 15.9. The Hall–Kier alpha value is -4.36. The Balaban J connectivity index is 1.45. The van der Waals surface area contributed by atoms with Crippen molar-refractivity contribution in [1.29, 1.82) is 0 Å². The number of methoxy groups -OCH3 is 1. The number of alkyl carbamates (subject to hydrolysis) is 1. The lowest BCUT2D eigenvalue weighted by Crippen LogP contribution is -2.58. The van der Waals surface area contributed by atoms with Crippen molar-refractivity contribution in [2.45, 2.75) is 48.7 Å². The van der Waals surface area contributed by atoms with Crippen LogP contribution >= 0.6 is 11.6 Å². The van der Waals surface area contributed by atoms with Crippen LogP contribution in [-0.2, 0) is 26.0 Å². The van der Waals surface area contributed by atoms with Crippen LogP contribution in [0.5, 0.6) is 0 Å². The summed E-state index contributed by atoms with van der Waals surface area (Å²) in [7, 11) is -2.71. The molecule has 0 bridgehead atoms. The number of nitrogens with one attached hydrogen (secondary N) is 3. The van der Waals surface area contributed by atoms with E-state index in [1.54, 1.807) is 60.7 Å². The van der Waals surface area contributed by atoms with Gasteiger partial charge in [-0.05, 0) is 79.4 Å². The van der Waals surface area contributed by atoms with Crippen molar-refractivity contribution in [2.24, 2.45) is 0 Å². The molecule has 49 heavy (non-hydrogen) atoms. The zero-order valence-corrected chi connectivity index (χ0v) is 28.5. The number of sulfonamides is 1. The van der Waals surface area contributed by atoms with E-state index in [9.17, 15) is 22.4 Å². The number of ether oxygens (including phenoxy) is 1. The Kier molecular flexibility index (Phi) is 11.7. The van der Waals surface area contributed by atoms with Gasteiger partial charge in [0.1, 0.15) is 17.7 Å². The molecule has 1 fully saturated rings. The maximum absolute atomic E-state index is 15.5. The van der Waals surface area contributed by atoms with E-state index in [4.69, 9.17) is 16.3 Å². The number of hydrogen-bond acceptors (Lipinski definition) is 6. The van der Waals surface area contributed by atoms with Gasteiger partial charge in [-0.15, -0.1) is 0 Å². The number of halogens is 3. The third kappa shape index (κ3) is 8.45. The van der Waals surface area contributed by atoms with E-state index in [1.165, 1.54) is 40.7 Å². The van der Waals surface area contributed by atoms with Crippen LogP contribution in [0.1, 0.15) is 36.0 Å². The molecule has 13 heteroatoms. The highest BCUT2D eigenvalue weighted by Gasteiger charge is 2.38. The van der Waals surface area contributed by atoms with Gasteiger partial charge in [0.15, 0.2) is 0 Å². The molecule has 4 atom stereocenters. The summed E-state index contributed by atoms with van der Waals surface area (Å²) in [5, 5.41) is 9.05. The van der Waals surface area contributed by atoms with Gasteiger partial charge in [-0.3, -0.25) is 4.79 Å². The van der Waals surface area contributed by atoms with E-state index >= 15 is 4.39 Å². The first kappa shape index (κ1) is 35.9. The van der Waals surface area contributed by atoms with Gasteiger partial charge < -0.3 is 20.7 Å². The van der Waals surface area contributed by atoms with Crippen LogP contribution in [0.2, 0.25) is 5.02 Å². The SMILES string of the molecule is COC(=O)NC(C(=O)Nc1cccc(F)c1CC[C@H]1CNC[C@@H](C)N1S(=O)(=O)c1ccccc1)C(c1ccc(Cl)cc1)c1cccc(F)c1. The fourth-order valence-corrected chi connectivity index (χ4v) is 8.25. The molecule has 4 aromatic rings. The lowest BCUT2D eigenvalue weighted by atomic mass is 9.84. The molecule has 1 aliphatic heterocycles. The van der Waals surface area contributed by atoms with Crippen molar-refractivity contribution in [3.63, 3.8) is 0 Å². The largest absolute Gasteiger partial charge is 0.453 e. The summed E-state index contributed by atoms with van der Waals surface area (Å²) in [6.07, 6.45) is -0.580. The molecule has 0 radical (unpaired) electrons. The molecule has 4 aromatic carbocycles. The third-order valence-corrected chi connectivity index (χ3v) is 10.9. The molecule has 9 nitrogen and oxygen atoms in total. The highest BCUT2D eigenvalue weighted by molar-refractivity contribution is 7.89. The third-order valence-electron chi connectivity index (χ3n) is 8.55. The molecule has 258 valence electrons. The van der Waals surface area contributed by atoms with Crippen molar-refractivity contribution >= 4 is 39.3 Å². The van der Waals surface area contributed by atoms with Gasteiger partial charge >= 0.3 is 6.09 Å². The number of nitrogens with zero attached hydrogens (tertiary/aromatic N) is 1. The lowest BCUT2D eigenvalue weighted by molar-refractivity contribution is -0.118. The van der Waals surface area contributed by atoms with E-state index in [-0.39, 0.29) is 35.0 Å².